The van der Waals surface area contributed by atoms with Crippen LogP contribution in [0.4, 0.5) is 0 Å². The summed E-state index contributed by atoms with van der Waals surface area (Å²) in [6.45, 7) is 0. The predicted octanol–water partition coefficient (Wildman–Crippen LogP) is 0.777. The first-order chi connectivity index (χ1) is 7.77. The zero-order valence-electron chi connectivity index (χ0n) is 8.00. The number of nitrogens with one attached hydrogen (secondary N) is 1. The van der Waals surface area contributed by atoms with Crippen LogP contribution in [0.2, 0.25) is 0 Å². The number of furan rings is 1. The minimum atomic E-state index is -0.869. The lowest BCUT2D eigenvalue weighted by Gasteiger charge is -2.10. The second kappa shape index (κ2) is 4.71. The van der Waals surface area contributed by atoms with Gasteiger partial charge < -0.3 is 4.42 Å². The molecule has 7 heteroatoms. The Bertz CT molecular complexity index is 464. The van der Waals surface area contributed by atoms with Gasteiger partial charge in [0.05, 0.1) is 18.7 Å². The van der Waals surface area contributed by atoms with E-state index in [4.69, 9.17) is 16.0 Å². The van der Waals surface area contributed by atoms with Crippen LogP contribution in [0, 0.1) is 0 Å². The second-order valence-electron chi connectivity index (χ2n) is 2.88. The van der Waals surface area contributed by atoms with Crippen molar-refractivity contribution in [2.45, 2.75) is 5.38 Å². The fourth-order valence-corrected chi connectivity index (χ4v) is 1.16. The zero-order valence-corrected chi connectivity index (χ0v) is 8.76. The monoisotopic (exact) mass is 238 g/mol. The predicted molar refractivity (Wildman–Crippen MR) is 60.0 cm³/mol. The van der Waals surface area contributed by atoms with Crippen molar-refractivity contribution in [1.82, 2.24) is 5.43 Å². The molecule has 1 unspecified atom stereocenters. The van der Waals surface area contributed by atoms with Crippen LogP contribution in [0.25, 0.3) is 0 Å². The molecule has 1 aromatic heterocycles. The third-order valence-corrected chi connectivity index (χ3v) is 2.18. The van der Waals surface area contributed by atoms with Crippen LogP contribution in [0.3, 0.4) is 0 Å². The fourth-order valence-electron chi connectivity index (χ4n) is 1.01. The molecule has 0 saturated heterocycles. The van der Waals surface area contributed by atoms with Gasteiger partial charge in [-0.1, -0.05) is 0 Å². The van der Waals surface area contributed by atoms with Crippen molar-refractivity contribution < 1.29 is 9.21 Å². The van der Waals surface area contributed by atoms with Crippen LogP contribution in [-0.4, -0.2) is 29.4 Å². The molecule has 0 bridgehead atoms. The summed E-state index contributed by atoms with van der Waals surface area (Å²) in [6, 6.07) is 3.46. The van der Waals surface area contributed by atoms with Gasteiger partial charge in [0.2, 0.25) is 0 Å². The molecule has 1 aliphatic rings. The van der Waals surface area contributed by atoms with E-state index >= 15 is 0 Å². The smallest absolute Gasteiger partial charge is 0.264 e. The highest BCUT2D eigenvalue weighted by Gasteiger charge is 2.23. The van der Waals surface area contributed by atoms with Crippen molar-refractivity contribution in [1.29, 1.82) is 0 Å². The van der Waals surface area contributed by atoms with Crippen LogP contribution in [0.5, 0.6) is 0 Å². The number of alkyl halides is 1. The average Bonchev–Trinajstić information content (AvgIpc) is 2.77. The maximum atomic E-state index is 11.1. The molecule has 0 spiro atoms. The summed E-state index contributed by atoms with van der Waals surface area (Å²) in [5.41, 5.74) is 2.50. The van der Waals surface area contributed by atoms with E-state index in [2.05, 4.69) is 20.7 Å². The van der Waals surface area contributed by atoms with Crippen molar-refractivity contribution in [2.24, 2.45) is 15.3 Å². The maximum Gasteiger partial charge on any atom is 0.264 e. The van der Waals surface area contributed by atoms with Crippen LogP contribution >= 0.6 is 11.6 Å². The molecule has 1 atom stereocenters. The van der Waals surface area contributed by atoms with E-state index < -0.39 is 11.3 Å². The average molecular weight is 239 g/mol. The van der Waals surface area contributed by atoms with Crippen LogP contribution in [0.1, 0.15) is 5.76 Å². The highest BCUT2D eigenvalue weighted by molar-refractivity contribution is 6.54. The quantitative estimate of drug-likeness (QED) is 0.469. The molecule has 16 heavy (non-hydrogen) atoms. The minimum absolute atomic E-state index is 0.285. The molecule has 6 nitrogen and oxygen atoms in total. The fraction of sp³-hybridized carbons (Fsp3) is 0.111. The van der Waals surface area contributed by atoms with Crippen molar-refractivity contribution in [3.63, 3.8) is 0 Å². The van der Waals surface area contributed by atoms with E-state index in [9.17, 15) is 4.79 Å². The van der Waals surface area contributed by atoms with Gasteiger partial charge in [0.25, 0.3) is 5.91 Å². The first kappa shape index (κ1) is 10.6. The SMILES string of the molecule is O=C1NN=C/C(=N\N=C/c2ccco2)C1Cl. The van der Waals surface area contributed by atoms with Crippen LogP contribution in [-0.2, 0) is 4.79 Å². The third-order valence-electron chi connectivity index (χ3n) is 1.76. The molecule has 0 saturated carbocycles. The van der Waals surface area contributed by atoms with E-state index in [1.54, 1.807) is 12.1 Å². The number of carbonyl (C=O) groups excluding carboxylic acids is 1. The lowest BCUT2D eigenvalue weighted by atomic mass is 10.2. The van der Waals surface area contributed by atoms with Gasteiger partial charge in [0.15, 0.2) is 5.38 Å². The lowest BCUT2D eigenvalue weighted by Crippen LogP contribution is -2.38. The molecule has 82 valence electrons. The molecule has 0 radical (unpaired) electrons. The van der Waals surface area contributed by atoms with E-state index in [0.717, 1.165) is 0 Å². The topological polar surface area (TPSA) is 79.3 Å². The lowest BCUT2D eigenvalue weighted by molar-refractivity contribution is -0.119. The Morgan fingerprint density at radius 3 is 3.25 bits per heavy atom. The van der Waals surface area contributed by atoms with Gasteiger partial charge >= 0.3 is 0 Å². The third kappa shape index (κ3) is 2.34. The number of hydrogen-bond donors (Lipinski definition) is 1. The van der Waals surface area contributed by atoms with Gasteiger partial charge in [0, 0.05) is 0 Å². The van der Waals surface area contributed by atoms with Crippen molar-refractivity contribution in [3.8, 4) is 0 Å². The zero-order chi connectivity index (χ0) is 11.4. The number of carbonyl (C=O) groups is 1. The molecular weight excluding hydrogens is 232 g/mol. The number of amides is 1. The molecule has 2 rings (SSSR count). The summed E-state index contributed by atoms with van der Waals surface area (Å²) >= 11 is 5.76. The summed E-state index contributed by atoms with van der Waals surface area (Å²) in [5.74, 6) is 0.142. The standard InChI is InChI=1S/C9H7ClN4O2/c10-8-7(5-12-14-9(8)15)13-11-4-6-2-1-3-16-6/h1-5,8H,(H,14,15)/b11-4-,13-7+. The minimum Gasteiger partial charge on any atom is -0.463 e. The molecule has 0 aromatic carbocycles. The molecular formula is C9H7ClN4O2. The first-order valence-corrected chi connectivity index (χ1v) is 4.82. The normalized spacial score (nSPS) is 22.9. The number of halogens is 1. The summed E-state index contributed by atoms with van der Waals surface area (Å²) < 4.78 is 5.01. The Kier molecular flexibility index (Phi) is 3.11. The van der Waals surface area contributed by atoms with Crippen LogP contribution in [0.15, 0.2) is 38.1 Å². The molecule has 0 aliphatic carbocycles. The second-order valence-corrected chi connectivity index (χ2v) is 3.32. The van der Waals surface area contributed by atoms with Crippen molar-refractivity contribution in [2.75, 3.05) is 0 Å². The van der Waals surface area contributed by atoms with Crippen LogP contribution < -0.4 is 5.43 Å². The Morgan fingerprint density at radius 2 is 2.50 bits per heavy atom. The first-order valence-electron chi connectivity index (χ1n) is 4.39. The van der Waals surface area contributed by atoms with Gasteiger partial charge in [0.1, 0.15) is 11.5 Å². The highest BCUT2D eigenvalue weighted by atomic mass is 35.5. The number of rotatable bonds is 2. The van der Waals surface area contributed by atoms with Crippen molar-refractivity contribution in [3.05, 3.63) is 24.2 Å². The van der Waals surface area contributed by atoms with Gasteiger partial charge in [-0.05, 0) is 12.1 Å². The number of nitrogens with zero attached hydrogens (tertiary/aromatic N) is 3. The number of hydrogen-bond acceptors (Lipinski definition) is 5. The van der Waals surface area contributed by atoms with Gasteiger partial charge in [-0.25, -0.2) is 5.43 Å². The molecule has 1 amide bonds. The Labute approximate surface area is 95.7 Å². The Morgan fingerprint density at radius 1 is 1.62 bits per heavy atom. The van der Waals surface area contributed by atoms with E-state index in [-0.39, 0.29) is 5.71 Å². The molecule has 0 fully saturated rings. The van der Waals surface area contributed by atoms with Gasteiger partial charge in [-0.3, -0.25) is 4.79 Å². The summed E-state index contributed by atoms with van der Waals surface area (Å²) in [4.78, 5) is 11.1. The molecule has 1 N–H and O–H groups in total. The number of hydrazone groups is 1. The van der Waals surface area contributed by atoms with E-state index in [1.165, 1.54) is 18.7 Å². The van der Waals surface area contributed by atoms with Gasteiger partial charge in [-0.15, -0.1) is 11.6 Å². The van der Waals surface area contributed by atoms with E-state index in [1.807, 2.05) is 0 Å². The Hall–Kier alpha value is -1.95. The van der Waals surface area contributed by atoms with E-state index in [0.29, 0.717) is 5.76 Å². The molecule has 2 heterocycles. The van der Waals surface area contributed by atoms with Gasteiger partial charge in [-0.2, -0.15) is 15.3 Å². The highest BCUT2D eigenvalue weighted by Crippen LogP contribution is 2.03. The van der Waals surface area contributed by atoms with Crippen molar-refractivity contribution >= 4 is 35.6 Å². The summed E-state index contributed by atoms with van der Waals surface area (Å²) in [5, 5.41) is 10.2. The largest absolute Gasteiger partial charge is 0.463 e. The Balaban J connectivity index is 2.10. The summed E-state index contributed by atoms with van der Waals surface area (Å²) in [7, 11) is 0. The summed E-state index contributed by atoms with van der Waals surface area (Å²) in [6.07, 6.45) is 4.28. The molecule has 1 aromatic rings. The molecule has 1 aliphatic heterocycles. The maximum absolute atomic E-state index is 11.1.